The van der Waals surface area contributed by atoms with Gasteiger partial charge in [0.25, 0.3) is 0 Å². The first kappa shape index (κ1) is 25.3. The van der Waals surface area contributed by atoms with Gasteiger partial charge in [-0.3, -0.25) is 0 Å². The Balaban J connectivity index is 1.69. The van der Waals surface area contributed by atoms with Crippen molar-refractivity contribution >= 4 is 5.97 Å². The fraction of sp³-hybridized carbons (Fsp3) is 0.536. The molecule has 1 N–H and O–H groups in total. The van der Waals surface area contributed by atoms with Crippen LogP contribution in [0.2, 0.25) is 0 Å². The molecule has 2 aromatic carbocycles. The molecule has 1 aliphatic carbocycles. The van der Waals surface area contributed by atoms with E-state index in [4.69, 9.17) is 0 Å². The lowest BCUT2D eigenvalue weighted by molar-refractivity contribution is 0.0694. The number of hydrogen-bond acceptors (Lipinski definition) is 1. The Labute approximate surface area is 195 Å². The van der Waals surface area contributed by atoms with E-state index in [9.17, 15) is 23.1 Å². The molecule has 0 atom stereocenters. The van der Waals surface area contributed by atoms with Crippen molar-refractivity contribution in [3.8, 4) is 11.1 Å². The van der Waals surface area contributed by atoms with E-state index in [0.717, 1.165) is 37.8 Å². The summed E-state index contributed by atoms with van der Waals surface area (Å²) in [5, 5.41) is 9.79. The van der Waals surface area contributed by atoms with E-state index >= 15 is 0 Å². The number of carboxylic acid groups (broad SMARTS) is 1. The fourth-order valence-electron chi connectivity index (χ4n) is 5.28. The number of carboxylic acids is 1. The summed E-state index contributed by atoms with van der Waals surface area (Å²) in [6, 6.07) is 6.71. The lowest BCUT2D eigenvalue weighted by atomic mass is 9.74. The van der Waals surface area contributed by atoms with Gasteiger partial charge in [-0.15, -0.1) is 0 Å². The van der Waals surface area contributed by atoms with Gasteiger partial charge in [-0.25, -0.2) is 18.0 Å². The third-order valence-corrected chi connectivity index (χ3v) is 7.10. The van der Waals surface area contributed by atoms with E-state index in [2.05, 4.69) is 6.92 Å². The van der Waals surface area contributed by atoms with Crippen LogP contribution in [0.1, 0.15) is 106 Å². The molecule has 0 bridgehead atoms. The summed E-state index contributed by atoms with van der Waals surface area (Å²) in [5.74, 6) is -4.45. The Morgan fingerprint density at radius 3 is 2.12 bits per heavy atom. The average Bonchev–Trinajstić information content (AvgIpc) is 2.81. The van der Waals surface area contributed by atoms with Crippen molar-refractivity contribution in [2.75, 3.05) is 0 Å². The van der Waals surface area contributed by atoms with Crippen LogP contribution in [0.4, 0.5) is 13.2 Å². The minimum absolute atomic E-state index is 0.00812. The van der Waals surface area contributed by atoms with Crippen molar-refractivity contribution in [1.82, 2.24) is 0 Å². The second-order valence-electron chi connectivity index (χ2n) is 9.45. The Morgan fingerprint density at radius 1 is 0.909 bits per heavy atom. The van der Waals surface area contributed by atoms with Crippen LogP contribution in [0.3, 0.4) is 0 Å². The maximum atomic E-state index is 13.9. The van der Waals surface area contributed by atoms with Gasteiger partial charge in [-0.1, -0.05) is 70.4 Å². The van der Waals surface area contributed by atoms with Crippen LogP contribution in [0.5, 0.6) is 0 Å². The van der Waals surface area contributed by atoms with Gasteiger partial charge >= 0.3 is 5.97 Å². The van der Waals surface area contributed by atoms with Crippen molar-refractivity contribution in [3.63, 3.8) is 0 Å². The molecule has 0 saturated heterocycles. The van der Waals surface area contributed by atoms with Crippen molar-refractivity contribution in [2.24, 2.45) is 5.92 Å². The number of unbranched alkanes of at least 4 members (excludes halogenated alkanes) is 6. The van der Waals surface area contributed by atoms with E-state index in [1.54, 1.807) is 18.2 Å². The molecule has 33 heavy (non-hydrogen) atoms. The van der Waals surface area contributed by atoms with Crippen LogP contribution in [-0.2, 0) is 0 Å². The number of benzene rings is 2. The summed E-state index contributed by atoms with van der Waals surface area (Å²) < 4.78 is 41.3. The molecule has 1 aliphatic rings. The predicted octanol–water partition coefficient (Wildman–Crippen LogP) is 8.88. The maximum Gasteiger partial charge on any atom is 0.335 e. The van der Waals surface area contributed by atoms with Gasteiger partial charge in [0, 0.05) is 0 Å². The van der Waals surface area contributed by atoms with E-state index < -0.39 is 23.4 Å². The third kappa shape index (κ3) is 6.61. The van der Waals surface area contributed by atoms with E-state index in [1.165, 1.54) is 51.4 Å². The van der Waals surface area contributed by atoms with Crippen LogP contribution in [-0.4, -0.2) is 11.1 Å². The van der Waals surface area contributed by atoms with Crippen molar-refractivity contribution in [3.05, 3.63) is 58.9 Å². The first-order valence-corrected chi connectivity index (χ1v) is 12.4. The molecule has 0 heterocycles. The molecule has 3 rings (SSSR count). The molecule has 0 spiro atoms. The third-order valence-electron chi connectivity index (χ3n) is 7.10. The summed E-state index contributed by atoms with van der Waals surface area (Å²) in [6.45, 7) is 2.23. The Morgan fingerprint density at radius 2 is 1.52 bits per heavy atom. The number of halogens is 3. The van der Waals surface area contributed by atoms with Gasteiger partial charge in [-0.05, 0) is 72.4 Å². The maximum absolute atomic E-state index is 13.9. The van der Waals surface area contributed by atoms with Gasteiger partial charge in [0.15, 0.2) is 17.5 Å². The van der Waals surface area contributed by atoms with Crippen LogP contribution >= 0.6 is 0 Å². The van der Waals surface area contributed by atoms with Gasteiger partial charge < -0.3 is 5.11 Å². The highest BCUT2D eigenvalue weighted by atomic mass is 19.2. The molecule has 0 aliphatic heterocycles. The predicted molar refractivity (Wildman–Crippen MR) is 126 cm³/mol. The average molecular weight is 461 g/mol. The van der Waals surface area contributed by atoms with Gasteiger partial charge in [0.1, 0.15) is 0 Å². The summed E-state index contributed by atoms with van der Waals surface area (Å²) in [4.78, 5) is 12.0. The van der Waals surface area contributed by atoms with Crippen LogP contribution in [0, 0.1) is 23.4 Å². The quantitative estimate of drug-likeness (QED) is 0.268. The first-order valence-electron chi connectivity index (χ1n) is 12.4. The zero-order chi connectivity index (χ0) is 23.8. The topological polar surface area (TPSA) is 37.3 Å². The lowest BCUT2D eigenvalue weighted by Crippen LogP contribution is -2.17. The molecule has 2 nitrogen and oxygen atoms in total. The fourth-order valence-corrected chi connectivity index (χ4v) is 5.28. The molecule has 0 radical (unpaired) electrons. The molecule has 1 saturated carbocycles. The zero-order valence-electron chi connectivity index (χ0n) is 19.5. The largest absolute Gasteiger partial charge is 0.478 e. The Bertz CT molecular complexity index is 910. The van der Waals surface area contributed by atoms with E-state index in [0.29, 0.717) is 17.0 Å². The Kier molecular flexibility index (Phi) is 9.40. The van der Waals surface area contributed by atoms with Crippen LogP contribution < -0.4 is 0 Å². The van der Waals surface area contributed by atoms with E-state index in [-0.39, 0.29) is 17.0 Å². The second-order valence-corrected chi connectivity index (χ2v) is 9.45. The molecule has 2 aromatic rings. The van der Waals surface area contributed by atoms with Gasteiger partial charge in [0.2, 0.25) is 0 Å². The molecule has 1 fully saturated rings. The summed E-state index contributed by atoms with van der Waals surface area (Å²) in [7, 11) is 0. The number of hydrogen-bond donors (Lipinski definition) is 1. The Hall–Kier alpha value is -2.30. The highest BCUT2D eigenvalue weighted by Gasteiger charge is 2.28. The summed E-state index contributed by atoms with van der Waals surface area (Å²) in [5.41, 5.74) is 1.43. The first-order chi connectivity index (χ1) is 15.9. The second kappa shape index (κ2) is 12.2. The van der Waals surface area contributed by atoms with Crippen molar-refractivity contribution in [2.45, 2.75) is 89.9 Å². The van der Waals surface area contributed by atoms with Crippen molar-refractivity contribution < 1.29 is 23.1 Å². The summed E-state index contributed by atoms with van der Waals surface area (Å²) in [6.07, 6.45) is 14.0. The molecular weight excluding hydrogens is 425 g/mol. The standard InChI is InChI=1S/C28H35F3O2/c1-2-3-4-5-6-7-8-10-19-13-15-20(16-14-19)26-22(11-9-12-23(26)28(32)33)21-17-24(29)27(31)25(30)18-21/h9,11-12,17-20H,2-8,10,13-16H2,1H3,(H,32,33)/t19-,20-. The molecule has 180 valence electrons. The number of carbonyl (C=O) groups is 1. The SMILES string of the molecule is CCCCCCCCC[C@H]1CC[C@H](c2c(C(=O)O)cccc2-c2cc(F)c(F)c(F)c2)CC1. The highest BCUT2D eigenvalue weighted by Crippen LogP contribution is 2.43. The monoisotopic (exact) mass is 460 g/mol. The number of aromatic carboxylic acids is 1. The molecular formula is C28H35F3O2. The van der Waals surface area contributed by atoms with Crippen molar-refractivity contribution in [1.29, 1.82) is 0 Å². The minimum atomic E-state index is -1.51. The van der Waals surface area contributed by atoms with Gasteiger partial charge in [0.05, 0.1) is 5.56 Å². The van der Waals surface area contributed by atoms with Gasteiger partial charge in [-0.2, -0.15) is 0 Å². The molecule has 0 amide bonds. The number of rotatable bonds is 11. The van der Waals surface area contributed by atoms with Crippen LogP contribution in [0.15, 0.2) is 30.3 Å². The molecule has 0 aromatic heterocycles. The lowest BCUT2D eigenvalue weighted by Gasteiger charge is -2.31. The molecule has 0 unspecified atom stereocenters. The highest BCUT2D eigenvalue weighted by molar-refractivity contribution is 5.92. The molecule has 5 heteroatoms. The van der Waals surface area contributed by atoms with E-state index in [1.807, 2.05) is 0 Å². The normalized spacial score (nSPS) is 18.4. The smallest absolute Gasteiger partial charge is 0.335 e. The van der Waals surface area contributed by atoms with Crippen LogP contribution in [0.25, 0.3) is 11.1 Å². The minimum Gasteiger partial charge on any atom is -0.478 e. The zero-order valence-corrected chi connectivity index (χ0v) is 19.5. The summed E-state index contributed by atoms with van der Waals surface area (Å²) >= 11 is 0.